The maximum Gasteiger partial charge on any atom is 0.239 e. The number of carbonyl (C=O) groups is 1. The lowest BCUT2D eigenvalue weighted by atomic mass is 10.1. The standard InChI is InChI=1S/C16H22F2N2O3S/c1-10(14-5-4-12(17)8-15(14)18)19-11(2)16(21)20(3)13-6-7-24(22,23)9-13/h4-5,8,10-11,13,19H,6-7,9H2,1-3H3. The van der Waals surface area contributed by atoms with Crippen molar-refractivity contribution in [3.63, 3.8) is 0 Å². The fourth-order valence-corrected chi connectivity index (χ4v) is 4.73. The molecule has 0 aliphatic carbocycles. The number of carbonyl (C=O) groups excluding carboxylic acids is 1. The van der Waals surface area contributed by atoms with Crippen LogP contribution >= 0.6 is 0 Å². The third kappa shape index (κ3) is 4.30. The van der Waals surface area contributed by atoms with Gasteiger partial charge >= 0.3 is 0 Å². The molecular weight excluding hydrogens is 338 g/mol. The van der Waals surface area contributed by atoms with E-state index in [-0.39, 0.29) is 29.0 Å². The number of likely N-dealkylation sites (N-methyl/N-ethyl adjacent to an activating group) is 1. The fourth-order valence-electron chi connectivity index (χ4n) is 2.95. The molecule has 3 atom stereocenters. The third-order valence-corrected chi connectivity index (χ3v) is 6.15. The molecule has 0 radical (unpaired) electrons. The van der Waals surface area contributed by atoms with Crippen LogP contribution in [0.15, 0.2) is 18.2 Å². The lowest BCUT2D eigenvalue weighted by molar-refractivity contribution is -0.133. The second kappa shape index (κ2) is 7.14. The van der Waals surface area contributed by atoms with E-state index in [0.717, 1.165) is 6.07 Å². The minimum Gasteiger partial charge on any atom is -0.340 e. The minimum absolute atomic E-state index is 0.0237. The van der Waals surface area contributed by atoms with E-state index in [1.165, 1.54) is 17.0 Å². The molecule has 3 unspecified atom stereocenters. The van der Waals surface area contributed by atoms with Crippen molar-refractivity contribution in [1.82, 2.24) is 10.2 Å². The number of sulfone groups is 1. The Morgan fingerprint density at radius 3 is 2.54 bits per heavy atom. The highest BCUT2D eigenvalue weighted by atomic mass is 32.2. The van der Waals surface area contributed by atoms with Gasteiger partial charge in [0.1, 0.15) is 11.6 Å². The van der Waals surface area contributed by atoms with E-state index in [2.05, 4.69) is 5.32 Å². The van der Waals surface area contributed by atoms with Gasteiger partial charge in [-0.2, -0.15) is 0 Å². The van der Waals surface area contributed by atoms with E-state index in [9.17, 15) is 22.0 Å². The van der Waals surface area contributed by atoms with Gasteiger partial charge in [0, 0.05) is 30.8 Å². The van der Waals surface area contributed by atoms with Gasteiger partial charge in [0.15, 0.2) is 9.84 Å². The van der Waals surface area contributed by atoms with Crippen LogP contribution in [0.5, 0.6) is 0 Å². The maximum atomic E-state index is 13.8. The number of hydrogen-bond donors (Lipinski definition) is 1. The highest BCUT2D eigenvalue weighted by Gasteiger charge is 2.34. The Bertz CT molecular complexity index is 724. The summed E-state index contributed by atoms with van der Waals surface area (Å²) in [5.74, 6) is -1.52. The van der Waals surface area contributed by atoms with Gasteiger partial charge in [0.25, 0.3) is 0 Å². The number of amides is 1. The number of rotatable bonds is 5. The largest absolute Gasteiger partial charge is 0.340 e. The molecule has 1 saturated heterocycles. The monoisotopic (exact) mass is 360 g/mol. The summed E-state index contributed by atoms with van der Waals surface area (Å²) in [7, 11) is -1.50. The van der Waals surface area contributed by atoms with Gasteiger partial charge in [-0.05, 0) is 26.3 Å². The highest BCUT2D eigenvalue weighted by molar-refractivity contribution is 7.91. The van der Waals surface area contributed by atoms with E-state index in [1.807, 2.05) is 0 Å². The highest BCUT2D eigenvalue weighted by Crippen LogP contribution is 2.20. The lowest BCUT2D eigenvalue weighted by Crippen LogP contribution is -2.48. The van der Waals surface area contributed by atoms with Crippen molar-refractivity contribution in [2.24, 2.45) is 0 Å². The molecule has 0 aromatic heterocycles. The van der Waals surface area contributed by atoms with Crippen molar-refractivity contribution < 1.29 is 22.0 Å². The van der Waals surface area contributed by atoms with Crippen LogP contribution in [0.1, 0.15) is 31.9 Å². The van der Waals surface area contributed by atoms with Crippen molar-refractivity contribution in [1.29, 1.82) is 0 Å². The van der Waals surface area contributed by atoms with Crippen LogP contribution in [0.25, 0.3) is 0 Å². The Labute approximate surface area is 141 Å². The van der Waals surface area contributed by atoms with Crippen LogP contribution in [-0.2, 0) is 14.6 Å². The summed E-state index contributed by atoms with van der Waals surface area (Å²) in [6.07, 6.45) is 0.430. The molecular formula is C16H22F2N2O3S. The first-order chi connectivity index (χ1) is 11.1. The Balaban J connectivity index is 2.00. The molecule has 0 bridgehead atoms. The summed E-state index contributed by atoms with van der Waals surface area (Å²) >= 11 is 0. The van der Waals surface area contributed by atoms with Crippen LogP contribution in [0.3, 0.4) is 0 Å². The number of nitrogens with zero attached hydrogens (tertiary/aromatic N) is 1. The number of nitrogens with one attached hydrogen (secondary N) is 1. The molecule has 2 rings (SSSR count). The van der Waals surface area contributed by atoms with E-state index in [0.29, 0.717) is 6.42 Å². The molecule has 1 aromatic rings. The van der Waals surface area contributed by atoms with Crippen molar-refractivity contribution in [2.75, 3.05) is 18.6 Å². The molecule has 134 valence electrons. The van der Waals surface area contributed by atoms with E-state index in [1.54, 1.807) is 20.9 Å². The van der Waals surface area contributed by atoms with Crippen LogP contribution in [0, 0.1) is 11.6 Å². The van der Waals surface area contributed by atoms with Crippen molar-refractivity contribution >= 4 is 15.7 Å². The summed E-state index contributed by atoms with van der Waals surface area (Å²) in [5.41, 5.74) is 0.266. The summed E-state index contributed by atoms with van der Waals surface area (Å²) in [5, 5.41) is 2.98. The summed E-state index contributed by atoms with van der Waals surface area (Å²) in [4.78, 5) is 13.9. The topological polar surface area (TPSA) is 66.5 Å². The summed E-state index contributed by atoms with van der Waals surface area (Å²) < 4.78 is 49.9. The molecule has 1 N–H and O–H groups in total. The Hall–Kier alpha value is -1.54. The van der Waals surface area contributed by atoms with Gasteiger partial charge < -0.3 is 4.90 Å². The van der Waals surface area contributed by atoms with Gasteiger partial charge in [-0.1, -0.05) is 6.07 Å². The predicted molar refractivity (Wildman–Crippen MR) is 87.2 cm³/mol. The molecule has 1 aliphatic heterocycles. The molecule has 8 heteroatoms. The number of benzene rings is 1. The number of hydrogen-bond acceptors (Lipinski definition) is 4. The zero-order chi connectivity index (χ0) is 18.1. The van der Waals surface area contributed by atoms with Gasteiger partial charge in [-0.15, -0.1) is 0 Å². The van der Waals surface area contributed by atoms with Gasteiger partial charge in [0.05, 0.1) is 17.5 Å². The SMILES string of the molecule is CC(NC(C)c1ccc(F)cc1F)C(=O)N(C)C1CCS(=O)(=O)C1. The fraction of sp³-hybridized carbons (Fsp3) is 0.562. The lowest BCUT2D eigenvalue weighted by Gasteiger charge is -2.28. The molecule has 5 nitrogen and oxygen atoms in total. The van der Waals surface area contributed by atoms with Crippen LogP contribution in [-0.4, -0.2) is 49.9 Å². The van der Waals surface area contributed by atoms with Crippen molar-refractivity contribution in [2.45, 2.75) is 38.4 Å². The Kier molecular flexibility index (Phi) is 5.59. The van der Waals surface area contributed by atoms with Crippen molar-refractivity contribution in [3.8, 4) is 0 Å². The first-order valence-corrected chi connectivity index (χ1v) is 9.61. The van der Waals surface area contributed by atoms with E-state index in [4.69, 9.17) is 0 Å². The van der Waals surface area contributed by atoms with Crippen LogP contribution in [0.2, 0.25) is 0 Å². The third-order valence-electron chi connectivity index (χ3n) is 4.40. The van der Waals surface area contributed by atoms with Crippen LogP contribution < -0.4 is 5.32 Å². The predicted octanol–water partition coefficient (Wildman–Crippen LogP) is 1.65. The molecule has 1 heterocycles. The maximum absolute atomic E-state index is 13.8. The molecule has 0 saturated carbocycles. The Morgan fingerprint density at radius 2 is 2.00 bits per heavy atom. The smallest absolute Gasteiger partial charge is 0.239 e. The molecule has 1 aromatic carbocycles. The van der Waals surface area contributed by atoms with Crippen LogP contribution in [0.4, 0.5) is 8.78 Å². The summed E-state index contributed by atoms with van der Waals surface area (Å²) in [6.45, 7) is 3.32. The Morgan fingerprint density at radius 1 is 1.33 bits per heavy atom. The zero-order valence-electron chi connectivity index (χ0n) is 13.9. The average Bonchev–Trinajstić information content (AvgIpc) is 2.85. The summed E-state index contributed by atoms with van der Waals surface area (Å²) in [6, 6.07) is 1.86. The zero-order valence-corrected chi connectivity index (χ0v) is 14.7. The van der Waals surface area contributed by atoms with Gasteiger partial charge in [-0.25, -0.2) is 17.2 Å². The molecule has 1 amide bonds. The molecule has 1 fully saturated rings. The first-order valence-electron chi connectivity index (χ1n) is 7.79. The molecule has 24 heavy (non-hydrogen) atoms. The second-order valence-corrected chi connectivity index (χ2v) is 8.51. The number of halogens is 2. The minimum atomic E-state index is -3.07. The first kappa shape index (κ1) is 18.8. The second-order valence-electron chi connectivity index (χ2n) is 6.28. The molecule has 1 aliphatic rings. The molecule has 0 spiro atoms. The van der Waals surface area contributed by atoms with Gasteiger partial charge in [-0.3, -0.25) is 10.1 Å². The quantitative estimate of drug-likeness (QED) is 0.867. The van der Waals surface area contributed by atoms with E-state index < -0.39 is 33.6 Å². The van der Waals surface area contributed by atoms with E-state index >= 15 is 0 Å². The average molecular weight is 360 g/mol. The van der Waals surface area contributed by atoms with Gasteiger partial charge in [0.2, 0.25) is 5.91 Å². The normalized spacial score (nSPS) is 22.1. The van der Waals surface area contributed by atoms with Crippen molar-refractivity contribution in [3.05, 3.63) is 35.4 Å².